The lowest BCUT2D eigenvalue weighted by Gasteiger charge is -2.30. The zero-order chi connectivity index (χ0) is 20.3. The van der Waals surface area contributed by atoms with Crippen molar-refractivity contribution in [2.24, 2.45) is 29.1 Å². The highest BCUT2D eigenvalue weighted by Gasteiger charge is 2.73. The van der Waals surface area contributed by atoms with Crippen LogP contribution in [0.4, 0.5) is 0 Å². The molecule has 0 heterocycles. The van der Waals surface area contributed by atoms with Crippen LogP contribution in [0.1, 0.15) is 52.8 Å². The second-order valence-electron chi connectivity index (χ2n) is 9.55. The number of carbonyl (C=O) groups excluding carboxylic acids is 2. The van der Waals surface area contributed by atoms with Gasteiger partial charge < -0.3 is 9.47 Å². The average Bonchev–Trinajstić information content (AvgIpc) is 3.33. The first kappa shape index (κ1) is 18.2. The van der Waals surface area contributed by atoms with E-state index in [9.17, 15) is 9.59 Å². The maximum absolute atomic E-state index is 12.9. The maximum Gasteiger partial charge on any atom is 0.338 e. The number of rotatable bonds is 4. The highest BCUT2D eigenvalue weighted by molar-refractivity contribution is 5.90. The Hall–Kier alpha value is -2.62. The van der Waals surface area contributed by atoms with Crippen molar-refractivity contribution < 1.29 is 19.1 Å². The lowest BCUT2D eigenvalue weighted by Crippen LogP contribution is -2.38. The van der Waals surface area contributed by atoms with Gasteiger partial charge in [0.15, 0.2) is 0 Å². The predicted molar refractivity (Wildman–Crippen MR) is 111 cm³/mol. The molecule has 0 aromatic heterocycles. The van der Waals surface area contributed by atoms with Crippen molar-refractivity contribution in [3.8, 4) is 0 Å². The minimum atomic E-state index is -0.362. The largest absolute Gasteiger partial charge is 0.455 e. The molecule has 4 aliphatic carbocycles. The smallest absolute Gasteiger partial charge is 0.338 e. The van der Waals surface area contributed by atoms with E-state index in [1.165, 1.54) is 25.7 Å². The van der Waals surface area contributed by atoms with E-state index in [0.717, 1.165) is 6.42 Å². The van der Waals surface area contributed by atoms with Crippen molar-refractivity contribution >= 4 is 11.9 Å². The Balaban J connectivity index is 1.28. The molecular formula is C26H26O4. The molecule has 4 saturated carbocycles. The number of esters is 2. The Kier molecular flexibility index (Phi) is 4.06. The van der Waals surface area contributed by atoms with Crippen molar-refractivity contribution in [1.82, 2.24) is 0 Å². The molecule has 4 nitrogen and oxygen atoms in total. The third-order valence-corrected chi connectivity index (χ3v) is 8.34. The summed E-state index contributed by atoms with van der Waals surface area (Å²) >= 11 is 0. The summed E-state index contributed by atoms with van der Waals surface area (Å²) < 4.78 is 12.1. The summed E-state index contributed by atoms with van der Waals surface area (Å²) in [5.74, 6) is 1.53. The summed E-state index contributed by atoms with van der Waals surface area (Å²) in [5, 5.41) is 0. The second-order valence-corrected chi connectivity index (χ2v) is 9.55. The molecule has 0 radical (unpaired) electrons. The molecule has 4 aliphatic rings. The molecule has 30 heavy (non-hydrogen) atoms. The fourth-order valence-corrected chi connectivity index (χ4v) is 7.14. The summed E-state index contributed by atoms with van der Waals surface area (Å²) in [6.45, 7) is 0. The summed E-state index contributed by atoms with van der Waals surface area (Å²) in [6.07, 6.45) is 5.27. The Labute approximate surface area is 176 Å². The average molecular weight is 402 g/mol. The number of ether oxygens (including phenoxy) is 2. The van der Waals surface area contributed by atoms with Gasteiger partial charge in [-0.25, -0.2) is 9.59 Å². The molecule has 6 atom stereocenters. The van der Waals surface area contributed by atoms with Gasteiger partial charge in [-0.15, -0.1) is 0 Å². The second kappa shape index (κ2) is 6.69. The van der Waals surface area contributed by atoms with Crippen molar-refractivity contribution in [2.75, 3.05) is 0 Å². The number of hydrogen-bond acceptors (Lipinski definition) is 4. The van der Waals surface area contributed by atoms with Gasteiger partial charge in [0.2, 0.25) is 0 Å². The van der Waals surface area contributed by atoms with Gasteiger partial charge in [-0.05, 0) is 79.5 Å². The van der Waals surface area contributed by atoms with E-state index in [2.05, 4.69) is 0 Å². The first-order valence-electron chi connectivity index (χ1n) is 11.2. The third kappa shape index (κ3) is 2.65. The van der Waals surface area contributed by atoms with E-state index in [4.69, 9.17) is 9.47 Å². The third-order valence-electron chi connectivity index (χ3n) is 8.34. The molecule has 0 saturated heterocycles. The van der Waals surface area contributed by atoms with Gasteiger partial charge >= 0.3 is 11.9 Å². The molecular weight excluding hydrogens is 376 g/mol. The summed E-state index contributed by atoms with van der Waals surface area (Å²) in [7, 11) is 0. The van der Waals surface area contributed by atoms with Gasteiger partial charge in [0.25, 0.3) is 0 Å². The van der Waals surface area contributed by atoms with Crippen molar-refractivity contribution in [2.45, 2.75) is 44.3 Å². The Bertz CT molecular complexity index is 965. The van der Waals surface area contributed by atoms with Gasteiger partial charge in [-0.2, -0.15) is 0 Å². The van der Waals surface area contributed by atoms with Gasteiger partial charge in [0, 0.05) is 5.92 Å². The monoisotopic (exact) mass is 402 g/mol. The van der Waals surface area contributed by atoms with Crippen LogP contribution in [0.5, 0.6) is 0 Å². The fraction of sp³-hybridized carbons (Fsp3) is 0.462. The number of carbonyl (C=O) groups is 2. The van der Waals surface area contributed by atoms with E-state index in [1.807, 2.05) is 36.4 Å². The van der Waals surface area contributed by atoms with Crippen LogP contribution in [-0.2, 0) is 9.47 Å². The maximum atomic E-state index is 12.9. The number of hydrogen-bond donors (Lipinski definition) is 0. The SMILES string of the molecule is O=C(OC1CC2C(C1OC(=O)c1ccccc1)C1CCC2C12CC2)c1ccccc1. The van der Waals surface area contributed by atoms with Crippen LogP contribution < -0.4 is 0 Å². The molecule has 6 unspecified atom stereocenters. The van der Waals surface area contributed by atoms with E-state index in [0.29, 0.717) is 40.2 Å². The first-order valence-corrected chi connectivity index (χ1v) is 11.2. The van der Waals surface area contributed by atoms with E-state index in [1.54, 1.807) is 24.3 Å². The van der Waals surface area contributed by atoms with Crippen molar-refractivity contribution in [3.05, 3.63) is 71.8 Å². The lowest BCUT2D eigenvalue weighted by molar-refractivity contribution is -0.0438. The number of benzene rings is 2. The minimum absolute atomic E-state index is 0.311. The Morgan fingerprint density at radius 3 is 1.93 bits per heavy atom. The van der Waals surface area contributed by atoms with Crippen LogP contribution in [0, 0.1) is 29.1 Å². The number of fused-ring (bicyclic) bond motifs is 3. The highest BCUT2D eigenvalue weighted by atomic mass is 16.6. The van der Waals surface area contributed by atoms with Gasteiger partial charge in [0.1, 0.15) is 12.2 Å². The normalized spacial score (nSPS) is 34.5. The molecule has 154 valence electrons. The van der Waals surface area contributed by atoms with Gasteiger partial charge in [-0.1, -0.05) is 36.4 Å². The standard InChI is InChI=1S/C26H26O4/c27-24(16-7-3-1-4-8-16)29-21-15-18-19-11-12-20(26(19)13-14-26)22(18)23(21)30-25(28)17-9-5-2-6-10-17/h1-10,18-23H,11-15H2. The first-order chi connectivity index (χ1) is 14.7. The fourth-order valence-electron chi connectivity index (χ4n) is 7.14. The quantitative estimate of drug-likeness (QED) is 0.683. The lowest BCUT2D eigenvalue weighted by atomic mass is 9.81. The molecule has 2 aromatic carbocycles. The molecule has 2 bridgehead atoms. The molecule has 0 aliphatic heterocycles. The van der Waals surface area contributed by atoms with Gasteiger partial charge in [-0.3, -0.25) is 0 Å². The molecule has 4 heteroatoms. The summed E-state index contributed by atoms with van der Waals surface area (Å²) in [4.78, 5) is 25.7. The van der Waals surface area contributed by atoms with Crippen LogP contribution in [0.2, 0.25) is 0 Å². The molecule has 1 spiro atoms. The molecule has 6 rings (SSSR count). The molecule has 2 aromatic rings. The van der Waals surface area contributed by atoms with Crippen molar-refractivity contribution in [3.63, 3.8) is 0 Å². The predicted octanol–water partition coefficient (Wildman–Crippen LogP) is 4.89. The highest BCUT2D eigenvalue weighted by Crippen LogP contribution is 2.77. The minimum Gasteiger partial charge on any atom is -0.455 e. The van der Waals surface area contributed by atoms with Crippen molar-refractivity contribution in [1.29, 1.82) is 0 Å². The molecule has 0 N–H and O–H groups in total. The van der Waals surface area contributed by atoms with Crippen LogP contribution in [0.3, 0.4) is 0 Å². The topological polar surface area (TPSA) is 52.6 Å². The van der Waals surface area contributed by atoms with Crippen LogP contribution in [-0.4, -0.2) is 24.1 Å². The van der Waals surface area contributed by atoms with E-state index in [-0.39, 0.29) is 24.1 Å². The summed E-state index contributed by atoms with van der Waals surface area (Å²) in [6, 6.07) is 18.2. The molecule has 4 fully saturated rings. The summed E-state index contributed by atoms with van der Waals surface area (Å²) in [5.41, 5.74) is 1.60. The van der Waals surface area contributed by atoms with Gasteiger partial charge in [0.05, 0.1) is 11.1 Å². The molecule has 0 amide bonds. The van der Waals surface area contributed by atoms with Crippen LogP contribution >= 0.6 is 0 Å². The van der Waals surface area contributed by atoms with E-state index < -0.39 is 0 Å². The van der Waals surface area contributed by atoms with E-state index >= 15 is 0 Å². The van der Waals surface area contributed by atoms with Crippen LogP contribution in [0.25, 0.3) is 0 Å². The Morgan fingerprint density at radius 1 is 0.767 bits per heavy atom. The zero-order valence-corrected chi connectivity index (χ0v) is 16.9. The Morgan fingerprint density at radius 2 is 1.33 bits per heavy atom. The van der Waals surface area contributed by atoms with Crippen LogP contribution in [0.15, 0.2) is 60.7 Å². The zero-order valence-electron chi connectivity index (χ0n) is 16.9.